The van der Waals surface area contributed by atoms with Crippen molar-refractivity contribution in [2.75, 3.05) is 23.3 Å². The first kappa shape index (κ1) is 23.7. The van der Waals surface area contributed by atoms with Gasteiger partial charge >= 0.3 is 0 Å². The van der Waals surface area contributed by atoms with Crippen molar-refractivity contribution in [2.45, 2.75) is 18.7 Å². The molecule has 9 nitrogen and oxygen atoms in total. The van der Waals surface area contributed by atoms with E-state index in [1.165, 1.54) is 23.5 Å². The number of nitro benzene ring substituents is 1. The highest BCUT2D eigenvalue weighted by Crippen LogP contribution is 2.25. The standard InChI is InChI=1S/C23H23N3O6S/c1-16-4-12-21(13-5-16)33(30,31)25(3)18-8-10-20(11-9-18)32-15-23(27)24-22-14-19(26(28)29)7-6-17(22)2/h4-14H,15H2,1-3H3,(H,24,27). The second-order valence-electron chi connectivity index (χ2n) is 7.37. The Bertz CT molecular complexity index is 1270. The van der Waals surface area contributed by atoms with Gasteiger partial charge in [-0.05, 0) is 55.8 Å². The zero-order valence-corrected chi connectivity index (χ0v) is 19.1. The van der Waals surface area contributed by atoms with Crippen LogP contribution >= 0.6 is 0 Å². The Kier molecular flexibility index (Phi) is 6.98. The van der Waals surface area contributed by atoms with Crippen molar-refractivity contribution in [2.24, 2.45) is 0 Å². The van der Waals surface area contributed by atoms with Gasteiger partial charge in [-0.1, -0.05) is 23.8 Å². The maximum Gasteiger partial charge on any atom is 0.271 e. The first-order chi connectivity index (χ1) is 15.6. The molecule has 1 amide bonds. The van der Waals surface area contributed by atoms with Gasteiger partial charge in [0.2, 0.25) is 0 Å². The number of nitrogens with one attached hydrogen (secondary N) is 1. The Morgan fingerprint density at radius 2 is 1.67 bits per heavy atom. The van der Waals surface area contributed by atoms with Gasteiger partial charge in [-0.15, -0.1) is 0 Å². The lowest BCUT2D eigenvalue weighted by molar-refractivity contribution is -0.384. The maximum absolute atomic E-state index is 12.8. The quantitative estimate of drug-likeness (QED) is 0.393. The van der Waals surface area contributed by atoms with Crippen molar-refractivity contribution >= 4 is 33.0 Å². The fraction of sp³-hybridized carbons (Fsp3) is 0.174. The number of hydrogen-bond donors (Lipinski definition) is 1. The lowest BCUT2D eigenvalue weighted by Gasteiger charge is -2.20. The van der Waals surface area contributed by atoms with E-state index in [-0.39, 0.29) is 17.2 Å². The molecule has 0 spiro atoms. The molecule has 3 aromatic carbocycles. The minimum absolute atomic E-state index is 0.128. The smallest absolute Gasteiger partial charge is 0.271 e. The predicted molar refractivity (Wildman–Crippen MR) is 125 cm³/mol. The second kappa shape index (κ2) is 9.70. The third-order valence-corrected chi connectivity index (χ3v) is 6.76. The molecule has 3 rings (SSSR count). The number of carbonyl (C=O) groups is 1. The minimum Gasteiger partial charge on any atom is -0.484 e. The molecule has 0 atom stereocenters. The summed E-state index contributed by atoms with van der Waals surface area (Å²) in [7, 11) is -2.26. The van der Waals surface area contributed by atoms with E-state index in [1.54, 1.807) is 61.5 Å². The number of sulfonamides is 1. The van der Waals surface area contributed by atoms with Crippen LogP contribution in [0.15, 0.2) is 71.6 Å². The largest absolute Gasteiger partial charge is 0.484 e. The second-order valence-corrected chi connectivity index (χ2v) is 9.34. The fourth-order valence-corrected chi connectivity index (χ4v) is 4.15. The number of amides is 1. The predicted octanol–water partition coefficient (Wildman–Crippen LogP) is 4.05. The molecule has 0 aromatic heterocycles. The summed E-state index contributed by atoms with van der Waals surface area (Å²) in [5, 5.41) is 13.5. The van der Waals surface area contributed by atoms with E-state index in [0.717, 1.165) is 5.56 Å². The van der Waals surface area contributed by atoms with Crippen molar-refractivity contribution in [3.8, 4) is 5.75 Å². The number of hydrogen-bond acceptors (Lipinski definition) is 6. The summed E-state index contributed by atoms with van der Waals surface area (Å²) in [4.78, 5) is 22.8. The number of benzene rings is 3. The van der Waals surface area contributed by atoms with Crippen LogP contribution in [0.2, 0.25) is 0 Å². The number of aryl methyl sites for hydroxylation is 2. The van der Waals surface area contributed by atoms with Crippen LogP contribution in [0.4, 0.5) is 17.1 Å². The SMILES string of the molecule is Cc1ccc(S(=O)(=O)N(C)c2ccc(OCC(=O)Nc3cc([N+](=O)[O-])ccc3C)cc2)cc1. The molecule has 172 valence electrons. The molecule has 0 saturated carbocycles. The van der Waals surface area contributed by atoms with E-state index in [2.05, 4.69) is 5.32 Å². The first-order valence-corrected chi connectivity index (χ1v) is 11.4. The topological polar surface area (TPSA) is 119 Å². The third-order valence-electron chi connectivity index (χ3n) is 4.96. The van der Waals surface area contributed by atoms with Crippen LogP contribution in [-0.2, 0) is 14.8 Å². The van der Waals surface area contributed by atoms with Crippen LogP contribution in [0.25, 0.3) is 0 Å². The molecule has 0 radical (unpaired) electrons. The number of nitrogens with zero attached hydrogens (tertiary/aromatic N) is 2. The molecule has 10 heteroatoms. The van der Waals surface area contributed by atoms with E-state index >= 15 is 0 Å². The van der Waals surface area contributed by atoms with Crippen molar-refractivity contribution in [3.05, 3.63) is 88.0 Å². The number of anilines is 2. The number of ether oxygens (including phenoxy) is 1. The zero-order valence-electron chi connectivity index (χ0n) is 18.3. The molecule has 0 aliphatic heterocycles. The lowest BCUT2D eigenvalue weighted by atomic mass is 10.2. The summed E-state index contributed by atoms with van der Waals surface area (Å²) in [5.74, 6) is -0.118. The van der Waals surface area contributed by atoms with Crippen molar-refractivity contribution in [1.29, 1.82) is 0 Å². The molecule has 0 bridgehead atoms. The molecule has 33 heavy (non-hydrogen) atoms. The Morgan fingerprint density at radius 1 is 1.03 bits per heavy atom. The van der Waals surface area contributed by atoms with Gasteiger partial charge in [0.15, 0.2) is 6.61 Å². The van der Waals surface area contributed by atoms with Crippen LogP contribution in [0.5, 0.6) is 5.75 Å². The van der Waals surface area contributed by atoms with Crippen molar-refractivity contribution < 1.29 is 22.9 Å². The molecule has 0 unspecified atom stereocenters. The van der Waals surface area contributed by atoms with Gasteiger partial charge in [-0.2, -0.15) is 0 Å². The van der Waals surface area contributed by atoms with Crippen LogP contribution < -0.4 is 14.4 Å². The van der Waals surface area contributed by atoms with Gasteiger partial charge in [-0.25, -0.2) is 8.42 Å². The highest BCUT2D eigenvalue weighted by molar-refractivity contribution is 7.92. The third kappa shape index (κ3) is 5.66. The van der Waals surface area contributed by atoms with Gasteiger partial charge in [-0.3, -0.25) is 19.2 Å². The monoisotopic (exact) mass is 469 g/mol. The maximum atomic E-state index is 12.8. The molecule has 0 aliphatic carbocycles. The Balaban J connectivity index is 1.63. The van der Waals surface area contributed by atoms with E-state index < -0.39 is 20.9 Å². The highest BCUT2D eigenvalue weighted by Gasteiger charge is 2.21. The summed E-state index contributed by atoms with van der Waals surface area (Å²) in [6, 6.07) is 17.0. The summed E-state index contributed by atoms with van der Waals surface area (Å²) in [6.07, 6.45) is 0. The minimum atomic E-state index is -3.72. The molecular formula is C23H23N3O6S. The number of carbonyl (C=O) groups excluding carboxylic acids is 1. The fourth-order valence-electron chi connectivity index (χ4n) is 2.95. The van der Waals surface area contributed by atoms with Crippen LogP contribution in [0, 0.1) is 24.0 Å². The average molecular weight is 470 g/mol. The number of nitro groups is 1. The van der Waals surface area contributed by atoms with E-state index in [0.29, 0.717) is 22.7 Å². The van der Waals surface area contributed by atoms with Gasteiger partial charge in [0.25, 0.3) is 21.6 Å². The summed E-state index contributed by atoms with van der Waals surface area (Å²) >= 11 is 0. The summed E-state index contributed by atoms with van der Waals surface area (Å²) in [5.41, 5.74) is 2.27. The molecule has 3 aromatic rings. The van der Waals surface area contributed by atoms with Crippen molar-refractivity contribution in [1.82, 2.24) is 0 Å². The summed E-state index contributed by atoms with van der Waals surface area (Å²) < 4.78 is 32.2. The van der Waals surface area contributed by atoms with E-state index in [4.69, 9.17) is 4.74 Å². The molecule has 0 fully saturated rings. The molecule has 0 heterocycles. The van der Waals surface area contributed by atoms with E-state index in [1.807, 2.05) is 6.92 Å². The molecule has 0 saturated heterocycles. The number of non-ortho nitro benzene ring substituents is 1. The van der Waals surface area contributed by atoms with Crippen LogP contribution in [0.3, 0.4) is 0 Å². The normalized spacial score (nSPS) is 11.0. The lowest BCUT2D eigenvalue weighted by Crippen LogP contribution is -2.26. The van der Waals surface area contributed by atoms with Gasteiger partial charge in [0.05, 0.1) is 21.2 Å². The van der Waals surface area contributed by atoms with Crippen LogP contribution in [0.1, 0.15) is 11.1 Å². The molecule has 0 aliphatic rings. The van der Waals surface area contributed by atoms with Crippen LogP contribution in [-0.4, -0.2) is 32.9 Å². The zero-order chi connectivity index (χ0) is 24.2. The Hall–Kier alpha value is -3.92. The first-order valence-electron chi connectivity index (χ1n) is 9.91. The van der Waals surface area contributed by atoms with Gasteiger partial charge < -0.3 is 10.1 Å². The number of rotatable bonds is 8. The molecular weight excluding hydrogens is 446 g/mol. The van der Waals surface area contributed by atoms with E-state index in [9.17, 15) is 23.3 Å². The highest BCUT2D eigenvalue weighted by atomic mass is 32.2. The molecule has 1 N–H and O–H groups in total. The van der Waals surface area contributed by atoms with Gasteiger partial charge in [0.1, 0.15) is 5.75 Å². The van der Waals surface area contributed by atoms with Crippen molar-refractivity contribution in [3.63, 3.8) is 0 Å². The average Bonchev–Trinajstić information content (AvgIpc) is 2.79. The summed E-state index contributed by atoms with van der Waals surface area (Å²) in [6.45, 7) is 3.28. The van der Waals surface area contributed by atoms with Gasteiger partial charge in [0, 0.05) is 19.2 Å². The Morgan fingerprint density at radius 3 is 2.27 bits per heavy atom. The Labute approximate surface area is 191 Å².